The summed E-state index contributed by atoms with van der Waals surface area (Å²) in [6, 6.07) is 10.6. The van der Waals surface area contributed by atoms with Gasteiger partial charge in [-0.1, -0.05) is 23.7 Å². The first kappa shape index (κ1) is 12.4. The number of hydrogen-bond acceptors (Lipinski definition) is 3. The van der Waals surface area contributed by atoms with Gasteiger partial charge in [-0.15, -0.1) is 0 Å². The Morgan fingerprint density at radius 1 is 1.22 bits per heavy atom. The molecule has 0 aliphatic carbocycles. The molecule has 1 aromatic carbocycles. The molecular weight excluding hydrogens is 250 g/mol. The number of rotatable bonds is 3. The molecule has 1 aromatic heterocycles. The molecule has 0 aliphatic rings. The van der Waals surface area contributed by atoms with Gasteiger partial charge in [0.15, 0.2) is 5.82 Å². The number of amides is 1. The molecule has 2 aromatic rings. The number of nitrogens with zero attached hydrogens (tertiary/aromatic N) is 1. The van der Waals surface area contributed by atoms with E-state index in [0.717, 1.165) is 5.69 Å². The number of anilines is 2. The number of para-hydroxylation sites is 1. The first-order valence-electron chi connectivity index (χ1n) is 5.41. The maximum atomic E-state index is 12.1. The fourth-order valence-corrected chi connectivity index (χ4v) is 1.72. The number of pyridine rings is 1. The maximum Gasteiger partial charge on any atom is 0.258 e. The van der Waals surface area contributed by atoms with E-state index in [-0.39, 0.29) is 5.91 Å². The van der Waals surface area contributed by atoms with E-state index in [9.17, 15) is 4.79 Å². The minimum absolute atomic E-state index is 0.249. The van der Waals surface area contributed by atoms with Crippen LogP contribution in [0.15, 0.2) is 42.6 Å². The van der Waals surface area contributed by atoms with Gasteiger partial charge < -0.3 is 10.6 Å². The fourth-order valence-electron chi connectivity index (χ4n) is 1.55. The number of benzene rings is 1. The highest BCUT2D eigenvalue weighted by Gasteiger charge is 2.12. The molecule has 1 amide bonds. The van der Waals surface area contributed by atoms with Gasteiger partial charge in [-0.05, 0) is 24.3 Å². The molecule has 2 N–H and O–H groups in total. The van der Waals surface area contributed by atoms with E-state index in [1.807, 2.05) is 12.1 Å². The first-order valence-corrected chi connectivity index (χ1v) is 5.79. The smallest absolute Gasteiger partial charge is 0.258 e. The van der Waals surface area contributed by atoms with E-state index < -0.39 is 0 Å². The van der Waals surface area contributed by atoms with Crippen molar-refractivity contribution >= 4 is 29.0 Å². The summed E-state index contributed by atoms with van der Waals surface area (Å²) < 4.78 is 0. The molecule has 0 unspecified atom stereocenters. The number of hydrogen-bond donors (Lipinski definition) is 2. The summed E-state index contributed by atoms with van der Waals surface area (Å²) in [7, 11) is 1.76. The Labute approximate surface area is 110 Å². The molecule has 0 aliphatic heterocycles. The van der Waals surface area contributed by atoms with Crippen molar-refractivity contribution in [2.75, 3.05) is 17.7 Å². The second kappa shape index (κ2) is 5.51. The van der Waals surface area contributed by atoms with Crippen LogP contribution >= 0.6 is 11.6 Å². The van der Waals surface area contributed by atoms with E-state index in [1.165, 1.54) is 0 Å². The van der Waals surface area contributed by atoms with Gasteiger partial charge >= 0.3 is 0 Å². The lowest BCUT2D eigenvalue weighted by Crippen LogP contribution is -2.15. The lowest BCUT2D eigenvalue weighted by atomic mass is 10.1. The summed E-state index contributed by atoms with van der Waals surface area (Å²) in [5, 5.41) is 6.05. The van der Waals surface area contributed by atoms with Crippen molar-refractivity contribution in [2.24, 2.45) is 0 Å². The molecule has 0 radical (unpaired) electrons. The molecule has 0 fully saturated rings. The standard InChI is InChI=1S/C13H12ClN3O/c1-15-11-7-3-2-5-9(11)13(18)17-12-10(14)6-4-8-16-12/h2-8,15H,1H3,(H,16,17,18). The molecule has 92 valence electrons. The van der Waals surface area contributed by atoms with Gasteiger partial charge in [-0.25, -0.2) is 4.98 Å². The zero-order chi connectivity index (χ0) is 13.0. The normalized spacial score (nSPS) is 9.89. The summed E-state index contributed by atoms with van der Waals surface area (Å²) in [4.78, 5) is 16.1. The molecular formula is C13H12ClN3O. The number of nitrogens with one attached hydrogen (secondary N) is 2. The average molecular weight is 262 g/mol. The zero-order valence-corrected chi connectivity index (χ0v) is 10.5. The third-order valence-corrected chi connectivity index (χ3v) is 2.74. The molecule has 5 heteroatoms. The maximum absolute atomic E-state index is 12.1. The van der Waals surface area contributed by atoms with Crippen LogP contribution in [0.3, 0.4) is 0 Å². The van der Waals surface area contributed by atoms with Gasteiger partial charge in [0.05, 0.1) is 10.6 Å². The predicted molar refractivity (Wildman–Crippen MR) is 73.2 cm³/mol. The number of carbonyl (C=O) groups is 1. The monoisotopic (exact) mass is 261 g/mol. The summed E-state index contributed by atoms with van der Waals surface area (Å²) >= 11 is 5.94. The van der Waals surface area contributed by atoms with Crippen molar-refractivity contribution in [3.8, 4) is 0 Å². The minimum atomic E-state index is -0.249. The van der Waals surface area contributed by atoms with E-state index in [0.29, 0.717) is 16.4 Å². The molecule has 0 bridgehead atoms. The summed E-state index contributed by atoms with van der Waals surface area (Å²) in [5.74, 6) is 0.107. The van der Waals surface area contributed by atoms with Gasteiger partial charge in [-0.3, -0.25) is 4.79 Å². The van der Waals surface area contributed by atoms with Crippen LogP contribution in [-0.4, -0.2) is 17.9 Å². The van der Waals surface area contributed by atoms with E-state index in [2.05, 4.69) is 15.6 Å². The molecule has 0 saturated heterocycles. The van der Waals surface area contributed by atoms with Gasteiger partial charge in [0, 0.05) is 18.9 Å². The molecule has 1 heterocycles. The Balaban J connectivity index is 2.25. The highest BCUT2D eigenvalue weighted by Crippen LogP contribution is 2.20. The molecule has 18 heavy (non-hydrogen) atoms. The first-order chi connectivity index (χ1) is 8.72. The van der Waals surface area contributed by atoms with Crippen LogP contribution in [0.4, 0.5) is 11.5 Å². The highest BCUT2D eigenvalue weighted by molar-refractivity contribution is 6.33. The summed E-state index contributed by atoms with van der Waals surface area (Å²) in [6.45, 7) is 0. The number of halogens is 1. The summed E-state index contributed by atoms with van der Waals surface area (Å²) in [6.07, 6.45) is 1.57. The second-order valence-electron chi connectivity index (χ2n) is 3.58. The Morgan fingerprint density at radius 2 is 2.00 bits per heavy atom. The van der Waals surface area contributed by atoms with Crippen LogP contribution < -0.4 is 10.6 Å². The van der Waals surface area contributed by atoms with Crippen molar-refractivity contribution < 1.29 is 4.79 Å². The predicted octanol–water partition coefficient (Wildman–Crippen LogP) is 3.03. The lowest BCUT2D eigenvalue weighted by Gasteiger charge is -2.09. The quantitative estimate of drug-likeness (QED) is 0.893. The Kier molecular flexibility index (Phi) is 3.79. The van der Waals surface area contributed by atoms with Crippen LogP contribution in [0.25, 0.3) is 0 Å². The third-order valence-electron chi connectivity index (χ3n) is 2.43. The molecule has 2 rings (SSSR count). The van der Waals surface area contributed by atoms with Gasteiger partial charge in [-0.2, -0.15) is 0 Å². The van der Waals surface area contributed by atoms with Gasteiger partial charge in [0.2, 0.25) is 0 Å². The Hall–Kier alpha value is -2.07. The second-order valence-corrected chi connectivity index (χ2v) is 3.99. The van der Waals surface area contributed by atoms with Crippen LogP contribution in [0.5, 0.6) is 0 Å². The zero-order valence-electron chi connectivity index (χ0n) is 9.77. The van der Waals surface area contributed by atoms with Crippen molar-refractivity contribution in [3.05, 3.63) is 53.2 Å². The van der Waals surface area contributed by atoms with Gasteiger partial charge in [0.25, 0.3) is 5.91 Å². The molecule has 0 atom stereocenters. The van der Waals surface area contributed by atoms with Crippen LogP contribution in [0.2, 0.25) is 5.02 Å². The largest absolute Gasteiger partial charge is 0.387 e. The average Bonchev–Trinajstić information content (AvgIpc) is 2.41. The van der Waals surface area contributed by atoms with E-state index >= 15 is 0 Å². The molecule has 4 nitrogen and oxygen atoms in total. The third kappa shape index (κ3) is 2.60. The Morgan fingerprint density at radius 3 is 2.72 bits per heavy atom. The van der Waals surface area contributed by atoms with Crippen LogP contribution in [0, 0.1) is 0 Å². The van der Waals surface area contributed by atoms with Gasteiger partial charge in [0.1, 0.15) is 0 Å². The van der Waals surface area contributed by atoms with Crippen LogP contribution in [0.1, 0.15) is 10.4 Å². The fraction of sp³-hybridized carbons (Fsp3) is 0.0769. The molecule has 0 saturated carbocycles. The Bertz CT molecular complexity index is 572. The van der Waals surface area contributed by atoms with Crippen LogP contribution in [-0.2, 0) is 0 Å². The highest BCUT2D eigenvalue weighted by atomic mass is 35.5. The SMILES string of the molecule is CNc1ccccc1C(=O)Nc1ncccc1Cl. The van der Waals surface area contributed by atoms with Crippen molar-refractivity contribution in [3.63, 3.8) is 0 Å². The topological polar surface area (TPSA) is 54.0 Å². The van der Waals surface area contributed by atoms with E-state index in [1.54, 1.807) is 37.5 Å². The lowest BCUT2D eigenvalue weighted by molar-refractivity contribution is 0.102. The summed E-state index contributed by atoms with van der Waals surface area (Å²) in [5.41, 5.74) is 1.30. The number of aromatic nitrogens is 1. The van der Waals surface area contributed by atoms with Crippen molar-refractivity contribution in [1.82, 2.24) is 4.98 Å². The molecule has 0 spiro atoms. The van der Waals surface area contributed by atoms with Crippen molar-refractivity contribution in [1.29, 1.82) is 0 Å². The van der Waals surface area contributed by atoms with Crippen molar-refractivity contribution in [2.45, 2.75) is 0 Å². The minimum Gasteiger partial charge on any atom is -0.387 e. The van der Waals surface area contributed by atoms with E-state index in [4.69, 9.17) is 11.6 Å². The number of carbonyl (C=O) groups excluding carboxylic acids is 1.